The number of carbonyl (C=O) groups is 1. The lowest BCUT2D eigenvalue weighted by Gasteiger charge is -2.34. The Labute approximate surface area is 110 Å². The molecule has 0 radical (unpaired) electrons. The van der Waals surface area contributed by atoms with E-state index < -0.39 is 0 Å². The molecule has 0 aliphatic carbocycles. The summed E-state index contributed by atoms with van der Waals surface area (Å²) in [5.74, 6) is 0. The zero-order valence-electron chi connectivity index (χ0n) is 11.4. The van der Waals surface area contributed by atoms with Crippen molar-refractivity contribution in [2.75, 3.05) is 59.0 Å². The minimum absolute atomic E-state index is 0.156. The zero-order valence-corrected chi connectivity index (χ0v) is 11.4. The molecular weight excluding hydrogens is 230 g/mol. The number of hydrogen-bond acceptors (Lipinski definition) is 4. The van der Waals surface area contributed by atoms with Crippen LogP contribution in [-0.4, -0.2) is 79.8 Å². The molecule has 0 N–H and O–H groups in total. The van der Waals surface area contributed by atoms with Crippen LogP contribution in [0.4, 0.5) is 4.79 Å². The fourth-order valence-electron chi connectivity index (χ4n) is 2.66. The number of ether oxygens (including phenoxy) is 1. The van der Waals surface area contributed by atoms with Crippen molar-refractivity contribution in [1.29, 1.82) is 0 Å². The summed E-state index contributed by atoms with van der Waals surface area (Å²) in [6.07, 6.45) is 2.56. The molecule has 5 nitrogen and oxygen atoms in total. The van der Waals surface area contributed by atoms with Crippen molar-refractivity contribution in [3.05, 3.63) is 0 Å². The predicted molar refractivity (Wildman–Crippen MR) is 70.7 cm³/mol. The quantitative estimate of drug-likeness (QED) is 0.746. The van der Waals surface area contributed by atoms with Crippen molar-refractivity contribution in [2.45, 2.75) is 19.8 Å². The lowest BCUT2D eigenvalue weighted by Crippen LogP contribution is -2.50. The van der Waals surface area contributed by atoms with E-state index in [-0.39, 0.29) is 6.09 Å². The van der Waals surface area contributed by atoms with Gasteiger partial charge >= 0.3 is 6.09 Å². The van der Waals surface area contributed by atoms with E-state index in [4.69, 9.17) is 4.74 Å². The molecule has 18 heavy (non-hydrogen) atoms. The third kappa shape index (κ3) is 3.85. The number of nitrogens with zero attached hydrogens (tertiary/aromatic N) is 3. The van der Waals surface area contributed by atoms with Crippen molar-refractivity contribution in [1.82, 2.24) is 14.7 Å². The second kappa shape index (κ2) is 6.95. The first-order chi connectivity index (χ1) is 8.79. The van der Waals surface area contributed by atoms with Crippen molar-refractivity contribution in [2.24, 2.45) is 0 Å². The van der Waals surface area contributed by atoms with Gasteiger partial charge in [0.1, 0.15) is 0 Å². The summed E-state index contributed by atoms with van der Waals surface area (Å²) in [5, 5.41) is 0. The Balaban J connectivity index is 1.62. The van der Waals surface area contributed by atoms with Gasteiger partial charge in [0.05, 0.1) is 6.61 Å². The van der Waals surface area contributed by atoms with Gasteiger partial charge in [-0.2, -0.15) is 0 Å². The maximum absolute atomic E-state index is 11.5. The molecule has 2 aliphatic heterocycles. The molecule has 2 rings (SSSR count). The molecule has 2 saturated heterocycles. The van der Waals surface area contributed by atoms with Gasteiger partial charge in [-0.1, -0.05) is 0 Å². The van der Waals surface area contributed by atoms with E-state index in [1.165, 1.54) is 32.5 Å². The van der Waals surface area contributed by atoms with Crippen molar-refractivity contribution >= 4 is 6.09 Å². The van der Waals surface area contributed by atoms with Crippen LogP contribution in [0.3, 0.4) is 0 Å². The van der Waals surface area contributed by atoms with E-state index in [1.807, 2.05) is 11.8 Å². The van der Waals surface area contributed by atoms with Gasteiger partial charge in [-0.05, 0) is 32.9 Å². The van der Waals surface area contributed by atoms with Crippen molar-refractivity contribution in [3.8, 4) is 0 Å². The maximum atomic E-state index is 11.5. The maximum Gasteiger partial charge on any atom is 0.409 e. The smallest absolute Gasteiger partial charge is 0.409 e. The van der Waals surface area contributed by atoms with Gasteiger partial charge in [-0.3, -0.25) is 4.90 Å². The summed E-state index contributed by atoms with van der Waals surface area (Å²) in [4.78, 5) is 18.4. The summed E-state index contributed by atoms with van der Waals surface area (Å²) in [7, 11) is 0. The van der Waals surface area contributed by atoms with Crippen LogP contribution in [0, 0.1) is 0 Å². The molecule has 2 heterocycles. The molecule has 5 heteroatoms. The van der Waals surface area contributed by atoms with Crippen LogP contribution >= 0.6 is 0 Å². The minimum Gasteiger partial charge on any atom is -0.450 e. The van der Waals surface area contributed by atoms with Crippen LogP contribution in [-0.2, 0) is 4.74 Å². The van der Waals surface area contributed by atoms with E-state index in [1.54, 1.807) is 0 Å². The van der Waals surface area contributed by atoms with Gasteiger partial charge in [0, 0.05) is 39.3 Å². The number of piperazine rings is 1. The summed E-state index contributed by atoms with van der Waals surface area (Å²) in [5.41, 5.74) is 0. The van der Waals surface area contributed by atoms with Gasteiger partial charge in [-0.15, -0.1) is 0 Å². The lowest BCUT2D eigenvalue weighted by atomic mass is 10.3. The molecule has 0 bridgehead atoms. The number of amides is 1. The summed E-state index contributed by atoms with van der Waals surface area (Å²) in [6, 6.07) is 0. The third-order valence-corrected chi connectivity index (χ3v) is 3.83. The topological polar surface area (TPSA) is 36.0 Å². The molecule has 0 spiro atoms. The van der Waals surface area contributed by atoms with Crippen LogP contribution in [0.5, 0.6) is 0 Å². The highest BCUT2D eigenvalue weighted by Gasteiger charge is 2.22. The molecule has 2 fully saturated rings. The Morgan fingerprint density at radius 2 is 1.50 bits per heavy atom. The van der Waals surface area contributed by atoms with Gasteiger partial charge in [0.15, 0.2) is 0 Å². The van der Waals surface area contributed by atoms with Crippen molar-refractivity contribution in [3.63, 3.8) is 0 Å². The SMILES string of the molecule is CCOC(=O)N1CCN(CCN2CCCC2)CC1. The van der Waals surface area contributed by atoms with Gasteiger partial charge in [0.25, 0.3) is 0 Å². The standard InChI is InChI=1S/C13H25N3O2/c1-2-18-13(17)16-11-9-15(10-12-16)8-7-14-5-3-4-6-14/h2-12H2,1H3. The predicted octanol–water partition coefficient (Wildman–Crippen LogP) is 0.856. The van der Waals surface area contributed by atoms with Crippen molar-refractivity contribution < 1.29 is 9.53 Å². The highest BCUT2D eigenvalue weighted by atomic mass is 16.6. The molecule has 0 saturated carbocycles. The van der Waals surface area contributed by atoms with Gasteiger partial charge in [-0.25, -0.2) is 4.79 Å². The summed E-state index contributed by atoms with van der Waals surface area (Å²) in [6.45, 7) is 10.7. The first-order valence-electron chi connectivity index (χ1n) is 7.16. The molecule has 0 aromatic carbocycles. The Hall–Kier alpha value is -0.810. The lowest BCUT2D eigenvalue weighted by molar-refractivity contribution is 0.0772. The highest BCUT2D eigenvalue weighted by molar-refractivity contribution is 5.67. The largest absolute Gasteiger partial charge is 0.450 e. The molecule has 0 unspecified atom stereocenters. The van der Waals surface area contributed by atoms with E-state index in [2.05, 4.69) is 9.80 Å². The molecule has 1 amide bonds. The first kappa shape index (κ1) is 13.6. The second-order valence-electron chi connectivity index (χ2n) is 5.08. The third-order valence-electron chi connectivity index (χ3n) is 3.83. The fraction of sp³-hybridized carbons (Fsp3) is 0.923. The fourth-order valence-corrected chi connectivity index (χ4v) is 2.66. The minimum atomic E-state index is -0.156. The molecule has 104 valence electrons. The van der Waals surface area contributed by atoms with Crippen LogP contribution in [0.25, 0.3) is 0 Å². The zero-order chi connectivity index (χ0) is 12.8. The van der Waals surface area contributed by atoms with Gasteiger partial charge in [0.2, 0.25) is 0 Å². The summed E-state index contributed by atoms with van der Waals surface area (Å²) >= 11 is 0. The van der Waals surface area contributed by atoms with Crippen LogP contribution in [0.1, 0.15) is 19.8 Å². The normalized spacial score (nSPS) is 22.4. The molecule has 0 aromatic rings. The Morgan fingerprint density at radius 1 is 0.944 bits per heavy atom. The first-order valence-corrected chi connectivity index (χ1v) is 7.16. The van der Waals surface area contributed by atoms with Crippen LogP contribution in [0.15, 0.2) is 0 Å². The van der Waals surface area contributed by atoms with E-state index in [0.717, 1.165) is 32.7 Å². The van der Waals surface area contributed by atoms with Gasteiger partial charge < -0.3 is 14.5 Å². The molecule has 2 aliphatic rings. The van der Waals surface area contributed by atoms with E-state index in [0.29, 0.717) is 6.61 Å². The van der Waals surface area contributed by atoms with Crippen LogP contribution < -0.4 is 0 Å². The average molecular weight is 255 g/mol. The number of hydrogen-bond donors (Lipinski definition) is 0. The number of likely N-dealkylation sites (tertiary alicyclic amines) is 1. The number of rotatable bonds is 4. The molecule has 0 aromatic heterocycles. The molecule has 0 atom stereocenters. The number of carbonyl (C=O) groups excluding carboxylic acids is 1. The Kier molecular flexibility index (Phi) is 5.26. The monoisotopic (exact) mass is 255 g/mol. The summed E-state index contributed by atoms with van der Waals surface area (Å²) < 4.78 is 5.02. The highest BCUT2D eigenvalue weighted by Crippen LogP contribution is 2.08. The Morgan fingerprint density at radius 3 is 2.06 bits per heavy atom. The van der Waals surface area contributed by atoms with E-state index in [9.17, 15) is 4.79 Å². The Bertz CT molecular complexity index is 259. The molecular formula is C13H25N3O2. The average Bonchev–Trinajstić information content (AvgIpc) is 2.90. The van der Waals surface area contributed by atoms with E-state index >= 15 is 0 Å². The van der Waals surface area contributed by atoms with Crippen LogP contribution in [0.2, 0.25) is 0 Å². The second-order valence-corrected chi connectivity index (χ2v) is 5.08.